The van der Waals surface area contributed by atoms with Crippen LogP contribution in [0.15, 0.2) is 11.6 Å². The lowest BCUT2D eigenvalue weighted by Crippen LogP contribution is -2.27. The quantitative estimate of drug-likeness (QED) is 0.780. The summed E-state index contributed by atoms with van der Waals surface area (Å²) in [5.74, 6) is 0.969. The Morgan fingerprint density at radius 1 is 1.64 bits per heavy atom. The molecule has 0 aliphatic heterocycles. The lowest BCUT2D eigenvalue weighted by atomic mass is 10.1. The van der Waals surface area contributed by atoms with E-state index in [2.05, 4.69) is 22.7 Å². The number of aryl methyl sites for hydroxylation is 1. The summed E-state index contributed by atoms with van der Waals surface area (Å²) in [5.41, 5.74) is 0. The highest BCUT2D eigenvalue weighted by Gasteiger charge is 2.29. The first-order valence-electron chi connectivity index (χ1n) is 5.46. The second-order valence-corrected chi connectivity index (χ2v) is 5.03. The van der Waals surface area contributed by atoms with Crippen molar-refractivity contribution in [3.63, 3.8) is 0 Å². The molecule has 0 bridgehead atoms. The number of thiazole rings is 1. The Morgan fingerprint density at radius 3 is 3.07 bits per heavy atom. The van der Waals surface area contributed by atoms with E-state index in [4.69, 9.17) is 0 Å². The first-order chi connectivity index (χ1) is 6.90. The summed E-state index contributed by atoms with van der Waals surface area (Å²) in [5, 5.41) is 6.78. The van der Waals surface area contributed by atoms with E-state index in [0.717, 1.165) is 18.4 Å². The molecule has 1 saturated carbocycles. The third kappa shape index (κ3) is 2.79. The van der Waals surface area contributed by atoms with Gasteiger partial charge in [0.1, 0.15) is 0 Å². The molecule has 0 spiro atoms. The van der Waals surface area contributed by atoms with E-state index >= 15 is 0 Å². The minimum Gasteiger partial charge on any atom is -0.317 e. The average Bonchev–Trinajstić information content (AvgIpc) is 2.91. The molecule has 1 unspecified atom stereocenters. The zero-order valence-corrected chi connectivity index (χ0v) is 9.52. The van der Waals surface area contributed by atoms with Gasteiger partial charge in [-0.2, -0.15) is 0 Å². The monoisotopic (exact) mass is 210 g/mol. The van der Waals surface area contributed by atoms with E-state index in [0.29, 0.717) is 0 Å². The number of nitrogens with one attached hydrogen (secondary N) is 1. The third-order valence-electron chi connectivity index (χ3n) is 2.95. The molecule has 1 aliphatic rings. The molecule has 0 saturated heterocycles. The van der Waals surface area contributed by atoms with Crippen molar-refractivity contribution >= 4 is 11.3 Å². The molecule has 1 fully saturated rings. The van der Waals surface area contributed by atoms with Crippen LogP contribution in [0.4, 0.5) is 0 Å². The Kier molecular flexibility index (Phi) is 3.54. The summed E-state index contributed by atoms with van der Waals surface area (Å²) in [7, 11) is 2.09. The third-order valence-corrected chi connectivity index (χ3v) is 3.79. The van der Waals surface area contributed by atoms with E-state index in [1.807, 2.05) is 6.20 Å². The van der Waals surface area contributed by atoms with Gasteiger partial charge in [0.15, 0.2) is 0 Å². The maximum atomic E-state index is 4.30. The molecule has 1 aliphatic carbocycles. The minimum absolute atomic E-state index is 0.759. The van der Waals surface area contributed by atoms with Crippen molar-refractivity contribution in [2.45, 2.75) is 38.1 Å². The number of nitrogens with zero attached hydrogens (tertiary/aromatic N) is 1. The standard InChI is InChI=1S/C11H18N2S/c1-12-10(9-5-6-9)3-2-4-11-13-7-8-14-11/h7-10,12H,2-6H2,1H3. The summed E-state index contributed by atoms with van der Waals surface area (Å²) in [4.78, 5) is 4.30. The molecule has 1 atom stereocenters. The zero-order valence-electron chi connectivity index (χ0n) is 8.70. The molecule has 0 radical (unpaired) electrons. The molecule has 78 valence electrons. The van der Waals surface area contributed by atoms with Gasteiger partial charge < -0.3 is 5.32 Å². The summed E-state index contributed by atoms with van der Waals surface area (Å²) < 4.78 is 0. The van der Waals surface area contributed by atoms with Gasteiger partial charge in [-0.3, -0.25) is 0 Å². The molecule has 1 aromatic rings. The summed E-state index contributed by atoms with van der Waals surface area (Å²) in [6, 6.07) is 0.759. The van der Waals surface area contributed by atoms with Crippen molar-refractivity contribution in [1.29, 1.82) is 0 Å². The maximum Gasteiger partial charge on any atom is 0.0924 e. The predicted octanol–water partition coefficient (Wildman–Crippen LogP) is 2.46. The topological polar surface area (TPSA) is 24.9 Å². The normalized spacial score (nSPS) is 18.4. The fraction of sp³-hybridized carbons (Fsp3) is 0.727. The Labute approximate surface area is 89.8 Å². The van der Waals surface area contributed by atoms with Crippen LogP contribution in [0.5, 0.6) is 0 Å². The highest BCUT2D eigenvalue weighted by molar-refractivity contribution is 7.09. The van der Waals surface area contributed by atoms with Gasteiger partial charge in [-0.05, 0) is 45.1 Å². The molecule has 3 heteroatoms. The van der Waals surface area contributed by atoms with Gasteiger partial charge in [-0.1, -0.05) is 0 Å². The molecule has 0 aromatic carbocycles. The fourth-order valence-electron chi connectivity index (χ4n) is 1.96. The van der Waals surface area contributed by atoms with Crippen LogP contribution in [0.1, 0.15) is 30.7 Å². The Bertz CT molecular complexity index is 254. The Balaban J connectivity index is 1.66. The smallest absolute Gasteiger partial charge is 0.0924 e. The van der Waals surface area contributed by atoms with Crippen LogP contribution < -0.4 is 5.32 Å². The van der Waals surface area contributed by atoms with Crippen LogP contribution in [-0.2, 0) is 6.42 Å². The van der Waals surface area contributed by atoms with Crippen LogP contribution >= 0.6 is 11.3 Å². The number of rotatable bonds is 6. The summed E-state index contributed by atoms with van der Waals surface area (Å²) in [6.45, 7) is 0. The van der Waals surface area contributed by atoms with Gasteiger partial charge in [-0.25, -0.2) is 4.98 Å². The average molecular weight is 210 g/mol. The number of hydrogen-bond acceptors (Lipinski definition) is 3. The Morgan fingerprint density at radius 2 is 2.50 bits per heavy atom. The van der Waals surface area contributed by atoms with Crippen LogP contribution in [0.2, 0.25) is 0 Å². The SMILES string of the molecule is CNC(CCCc1nccs1)C1CC1. The molecule has 1 N–H and O–H groups in total. The minimum atomic E-state index is 0.759. The second-order valence-electron chi connectivity index (χ2n) is 4.05. The molecule has 2 rings (SSSR count). The lowest BCUT2D eigenvalue weighted by molar-refractivity contribution is 0.456. The van der Waals surface area contributed by atoms with E-state index < -0.39 is 0 Å². The van der Waals surface area contributed by atoms with Gasteiger partial charge in [0, 0.05) is 17.6 Å². The van der Waals surface area contributed by atoms with Gasteiger partial charge in [0.05, 0.1) is 5.01 Å². The lowest BCUT2D eigenvalue weighted by Gasteiger charge is -2.14. The van der Waals surface area contributed by atoms with Crippen molar-refractivity contribution in [1.82, 2.24) is 10.3 Å². The van der Waals surface area contributed by atoms with Crippen molar-refractivity contribution < 1.29 is 0 Å². The zero-order chi connectivity index (χ0) is 9.80. The van der Waals surface area contributed by atoms with Gasteiger partial charge >= 0.3 is 0 Å². The van der Waals surface area contributed by atoms with Crippen LogP contribution in [0.3, 0.4) is 0 Å². The number of aromatic nitrogens is 1. The number of hydrogen-bond donors (Lipinski definition) is 1. The largest absolute Gasteiger partial charge is 0.317 e. The fourth-order valence-corrected chi connectivity index (χ4v) is 2.63. The first kappa shape index (κ1) is 10.1. The van der Waals surface area contributed by atoms with Crippen molar-refractivity contribution in [2.75, 3.05) is 7.05 Å². The van der Waals surface area contributed by atoms with Gasteiger partial charge in [0.25, 0.3) is 0 Å². The van der Waals surface area contributed by atoms with E-state index in [-0.39, 0.29) is 0 Å². The van der Waals surface area contributed by atoms with Crippen molar-refractivity contribution in [2.24, 2.45) is 5.92 Å². The predicted molar refractivity (Wildman–Crippen MR) is 60.6 cm³/mol. The van der Waals surface area contributed by atoms with E-state index in [9.17, 15) is 0 Å². The molecule has 1 aromatic heterocycles. The Hall–Kier alpha value is -0.410. The van der Waals surface area contributed by atoms with Gasteiger partial charge in [-0.15, -0.1) is 11.3 Å². The highest BCUT2D eigenvalue weighted by Crippen LogP contribution is 2.34. The molecule has 0 amide bonds. The van der Waals surface area contributed by atoms with Crippen molar-refractivity contribution in [3.05, 3.63) is 16.6 Å². The highest BCUT2D eigenvalue weighted by atomic mass is 32.1. The van der Waals surface area contributed by atoms with Crippen LogP contribution in [0, 0.1) is 5.92 Å². The molecule has 14 heavy (non-hydrogen) atoms. The molecular weight excluding hydrogens is 192 g/mol. The molecular formula is C11H18N2S. The van der Waals surface area contributed by atoms with Crippen molar-refractivity contribution in [3.8, 4) is 0 Å². The van der Waals surface area contributed by atoms with Gasteiger partial charge in [0.2, 0.25) is 0 Å². The van der Waals surface area contributed by atoms with E-state index in [1.54, 1.807) is 11.3 Å². The summed E-state index contributed by atoms with van der Waals surface area (Å²) in [6.07, 6.45) is 8.50. The van der Waals surface area contributed by atoms with E-state index in [1.165, 1.54) is 30.7 Å². The molecule has 1 heterocycles. The maximum absolute atomic E-state index is 4.30. The van der Waals surface area contributed by atoms with Crippen LogP contribution in [-0.4, -0.2) is 18.1 Å². The van der Waals surface area contributed by atoms with Crippen LogP contribution in [0.25, 0.3) is 0 Å². The summed E-state index contributed by atoms with van der Waals surface area (Å²) >= 11 is 1.77. The first-order valence-corrected chi connectivity index (χ1v) is 6.33. The molecule has 2 nitrogen and oxygen atoms in total. The second kappa shape index (κ2) is 4.89.